The Labute approximate surface area is 120 Å². The van der Waals surface area contributed by atoms with Gasteiger partial charge < -0.3 is 21.1 Å². The van der Waals surface area contributed by atoms with Crippen molar-refractivity contribution in [2.75, 3.05) is 19.6 Å². The van der Waals surface area contributed by atoms with Gasteiger partial charge in [-0.2, -0.15) is 0 Å². The highest BCUT2D eigenvalue weighted by Crippen LogP contribution is 2.26. The highest BCUT2D eigenvalue weighted by atomic mass is 16.4. The molecule has 1 fully saturated rings. The predicted octanol–water partition coefficient (Wildman–Crippen LogP) is 1.40. The molecule has 6 nitrogen and oxygen atoms in total. The van der Waals surface area contributed by atoms with Gasteiger partial charge in [0.2, 0.25) is 0 Å². The summed E-state index contributed by atoms with van der Waals surface area (Å²) in [6.07, 6.45) is 3.29. The maximum Gasteiger partial charge on any atom is 0.317 e. The Kier molecular flexibility index (Phi) is 6.26. The van der Waals surface area contributed by atoms with Crippen LogP contribution in [-0.4, -0.2) is 47.7 Å². The van der Waals surface area contributed by atoms with Gasteiger partial charge in [0.15, 0.2) is 0 Å². The number of piperidine rings is 1. The first-order chi connectivity index (χ1) is 9.30. The molecule has 4 N–H and O–H groups in total. The molecule has 6 heteroatoms. The van der Waals surface area contributed by atoms with Crippen LogP contribution in [0.3, 0.4) is 0 Å². The molecule has 1 aliphatic rings. The van der Waals surface area contributed by atoms with Crippen molar-refractivity contribution < 1.29 is 14.7 Å². The van der Waals surface area contributed by atoms with Gasteiger partial charge in [0.1, 0.15) is 0 Å². The fraction of sp³-hybridized carbons (Fsp3) is 0.857. The van der Waals surface area contributed by atoms with Crippen molar-refractivity contribution >= 4 is 12.0 Å². The minimum atomic E-state index is -0.772. The van der Waals surface area contributed by atoms with Crippen molar-refractivity contribution in [1.82, 2.24) is 10.2 Å². The van der Waals surface area contributed by atoms with Crippen molar-refractivity contribution in [1.29, 1.82) is 0 Å². The van der Waals surface area contributed by atoms with Gasteiger partial charge in [0, 0.05) is 32.1 Å². The average molecular weight is 285 g/mol. The van der Waals surface area contributed by atoms with Gasteiger partial charge in [0.25, 0.3) is 0 Å². The highest BCUT2D eigenvalue weighted by molar-refractivity contribution is 5.74. The van der Waals surface area contributed by atoms with Gasteiger partial charge in [-0.3, -0.25) is 4.79 Å². The van der Waals surface area contributed by atoms with Gasteiger partial charge in [-0.25, -0.2) is 4.79 Å². The zero-order valence-corrected chi connectivity index (χ0v) is 12.5. The molecule has 0 bridgehead atoms. The van der Waals surface area contributed by atoms with E-state index in [1.54, 1.807) is 4.90 Å². The summed E-state index contributed by atoms with van der Waals surface area (Å²) in [4.78, 5) is 24.3. The lowest BCUT2D eigenvalue weighted by atomic mass is 9.84. The van der Waals surface area contributed by atoms with E-state index >= 15 is 0 Å². The number of carboxylic acid groups (broad SMARTS) is 1. The zero-order valence-electron chi connectivity index (χ0n) is 12.5. The number of carboxylic acids is 1. The summed E-state index contributed by atoms with van der Waals surface area (Å²) < 4.78 is 0. The lowest BCUT2D eigenvalue weighted by Crippen LogP contribution is -2.47. The fourth-order valence-corrected chi connectivity index (χ4v) is 2.29. The van der Waals surface area contributed by atoms with Crippen molar-refractivity contribution in [2.45, 2.75) is 52.0 Å². The molecule has 0 aromatic heterocycles. The van der Waals surface area contributed by atoms with Crippen LogP contribution in [-0.2, 0) is 4.79 Å². The van der Waals surface area contributed by atoms with Crippen molar-refractivity contribution in [3.63, 3.8) is 0 Å². The first kappa shape index (κ1) is 16.8. The minimum Gasteiger partial charge on any atom is -0.481 e. The number of nitrogens with one attached hydrogen (secondary N) is 1. The smallest absolute Gasteiger partial charge is 0.317 e. The first-order valence-electron chi connectivity index (χ1n) is 7.30. The summed E-state index contributed by atoms with van der Waals surface area (Å²) in [7, 11) is 0. The monoisotopic (exact) mass is 285 g/mol. The number of likely N-dealkylation sites (tertiary alicyclic amines) is 1. The molecule has 0 aromatic rings. The largest absolute Gasteiger partial charge is 0.481 e. The lowest BCUT2D eigenvalue weighted by molar-refractivity contribution is -0.137. The Morgan fingerprint density at radius 2 is 1.90 bits per heavy atom. The molecular weight excluding hydrogens is 258 g/mol. The molecule has 0 spiro atoms. The molecule has 2 amide bonds. The SMILES string of the molecule is CC(C)(CCNC(=O)N1CCC(N)CC1)CCC(=O)O. The molecule has 1 heterocycles. The quantitative estimate of drug-likeness (QED) is 0.687. The predicted molar refractivity (Wildman–Crippen MR) is 77.4 cm³/mol. The number of carbonyl (C=O) groups is 2. The van der Waals surface area contributed by atoms with Crippen LogP contribution in [0.2, 0.25) is 0 Å². The van der Waals surface area contributed by atoms with Crippen LogP contribution < -0.4 is 11.1 Å². The maximum absolute atomic E-state index is 11.9. The third-order valence-corrected chi connectivity index (χ3v) is 3.92. The standard InChI is InChI=1S/C14H27N3O3/c1-14(2,6-3-12(18)19)7-8-16-13(20)17-9-4-11(15)5-10-17/h11H,3-10,15H2,1-2H3,(H,16,20)(H,18,19). The normalized spacial score (nSPS) is 17.1. The van der Waals surface area contributed by atoms with E-state index in [-0.39, 0.29) is 23.9 Å². The molecule has 0 aliphatic carbocycles. The van der Waals surface area contributed by atoms with Crippen LogP contribution in [0.1, 0.15) is 46.0 Å². The topological polar surface area (TPSA) is 95.7 Å². The summed E-state index contributed by atoms with van der Waals surface area (Å²) in [6, 6.07) is 0.180. The number of amides is 2. The van der Waals surface area contributed by atoms with Crippen molar-refractivity contribution in [2.24, 2.45) is 11.1 Å². The second-order valence-corrected chi connectivity index (χ2v) is 6.36. The summed E-state index contributed by atoms with van der Waals surface area (Å²) in [6.45, 7) is 6.07. The van der Waals surface area contributed by atoms with Gasteiger partial charge in [-0.05, 0) is 31.1 Å². The molecular formula is C14H27N3O3. The van der Waals surface area contributed by atoms with E-state index in [0.717, 1.165) is 32.4 Å². The van der Waals surface area contributed by atoms with Crippen LogP contribution in [0.4, 0.5) is 4.79 Å². The second-order valence-electron chi connectivity index (χ2n) is 6.36. The molecule has 20 heavy (non-hydrogen) atoms. The van der Waals surface area contributed by atoms with Crippen LogP contribution in [0.25, 0.3) is 0 Å². The van der Waals surface area contributed by atoms with E-state index < -0.39 is 5.97 Å². The number of rotatable bonds is 6. The number of aliphatic carboxylic acids is 1. The number of hydrogen-bond donors (Lipinski definition) is 3. The Morgan fingerprint density at radius 3 is 2.45 bits per heavy atom. The molecule has 0 atom stereocenters. The summed E-state index contributed by atoms with van der Waals surface area (Å²) in [5, 5.41) is 11.6. The second kappa shape index (κ2) is 7.47. The van der Waals surface area contributed by atoms with Crippen LogP contribution in [0.5, 0.6) is 0 Å². The number of hydrogen-bond acceptors (Lipinski definition) is 3. The Hall–Kier alpha value is -1.30. The Morgan fingerprint density at radius 1 is 1.30 bits per heavy atom. The van der Waals surface area contributed by atoms with E-state index in [9.17, 15) is 9.59 Å². The molecule has 0 radical (unpaired) electrons. The molecule has 0 saturated carbocycles. The van der Waals surface area contributed by atoms with Crippen LogP contribution >= 0.6 is 0 Å². The van der Waals surface area contributed by atoms with Crippen molar-refractivity contribution in [3.05, 3.63) is 0 Å². The van der Waals surface area contributed by atoms with E-state index in [1.807, 2.05) is 13.8 Å². The van der Waals surface area contributed by atoms with Gasteiger partial charge in [-0.15, -0.1) is 0 Å². The molecule has 0 unspecified atom stereocenters. The van der Waals surface area contributed by atoms with Gasteiger partial charge in [0.05, 0.1) is 0 Å². The molecule has 1 saturated heterocycles. The summed E-state index contributed by atoms with van der Waals surface area (Å²) in [5.74, 6) is -0.772. The number of urea groups is 1. The van der Waals surface area contributed by atoms with Crippen molar-refractivity contribution in [3.8, 4) is 0 Å². The number of carbonyl (C=O) groups excluding carboxylic acids is 1. The fourth-order valence-electron chi connectivity index (χ4n) is 2.29. The summed E-state index contributed by atoms with van der Waals surface area (Å²) >= 11 is 0. The van der Waals surface area contributed by atoms with Gasteiger partial charge >= 0.3 is 12.0 Å². The minimum absolute atomic E-state index is 0.0362. The molecule has 1 rings (SSSR count). The third kappa shape index (κ3) is 6.23. The van der Waals surface area contributed by atoms with Crippen LogP contribution in [0.15, 0.2) is 0 Å². The van der Waals surface area contributed by atoms with E-state index in [0.29, 0.717) is 13.0 Å². The molecule has 0 aromatic carbocycles. The lowest BCUT2D eigenvalue weighted by Gasteiger charge is -2.31. The highest BCUT2D eigenvalue weighted by Gasteiger charge is 2.22. The van der Waals surface area contributed by atoms with E-state index in [1.165, 1.54) is 0 Å². The maximum atomic E-state index is 11.9. The van der Waals surface area contributed by atoms with Gasteiger partial charge in [-0.1, -0.05) is 13.8 Å². The number of nitrogens with zero attached hydrogens (tertiary/aromatic N) is 1. The Balaban J connectivity index is 2.22. The average Bonchev–Trinajstić information content (AvgIpc) is 2.37. The molecule has 1 aliphatic heterocycles. The zero-order chi connectivity index (χ0) is 15.2. The summed E-state index contributed by atoms with van der Waals surface area (Å²) in [5.41, 5.74) is 5.73. The van der Waals surface area contributed by atoms with Crippen LogP contribution in [0, 0.1) is 5.41 Å². The number of nitrogens with two attached hydrogens (primary N) is 1. The Bertz CT molecular complexity index is 337. The first-order valence-corrected chi connectivity index (χ1v) is 7.30. The third-order valence-electron chi connectivity index (χ3n) is 3.92. The van der Waals surface area contributed by atoms with E-state index in [2.05, 4.69) is 5.32 Å². The van der Waals surface area contributed by atoms with E-state index in [4.69, 9.17) is 10.8 Å². The molecule has 116 valence electrons.